The number of rotatable bonds is 1. The molecule has 7 heteroatoms. The van der Waals surface area contributed by atoms with Crippen molar-refractivity contribution in [3.05, 3.63) is 22.8 Å². The maximum atomic E-state index is 12.2. The molecule has 1 aromatic carbocycles. The van der Waals surface area contributed by atoms with Crippen molar-refractivity contribution in [2.75, 3.05) is 0 Å². The molecule has 5 rings (SSSR count). The van der Waals surface area contributed by atoms with Crippen LogP contribution in [0.25, 0.3) is 0 Å². The Morgan fingerprint density at radius 3 is 2.66 bits per heavy atom. The van der Waals surface area contributed by atoms with Crippen molar-refractivity contribution in [3.8, 4) is 11.5 Å². The van der Waals surface area contributed by atoms with E-state index in [0.29, 0.717) is 30.7 Å². The normalized spacial score (nSPS) is 39.0. The smallest absolute Gasteiger partial charge is 0.303 e. The van der Waals surface area contributed by atoms with Crippen molar-refractivity contribution in [1.82, 2.24) is 5.32 Å². The Kier molecular flexibility index (Phi) is 4.46. The van der Waals surface area contributed by atoms with Gasteiger partial charge in [0.2, 0.25) is 0 Å². The summed E-state index contributed by atoms with van der Waals surface area (Å²) in [5.41, 5.74) is 0.538. The minimum atomic E-state index is -0.813. The number of nitrogens with one attached hydrogen (secondary N) is 1. The number of aliphatic hydroxyl groups excluding tert-OH is 1. The van der Waals surface area contributed by atoms with Gasteiger partial charge in [0.1, 0.15) is 23.2 Å². The number of aromatic hydroxyl groups is 1. The van der Waals surface area contributed by atoms with Gasteiger partial charge in [-0.1, -0.05) is 27.7 Å². The molecule has 174 valence electrons. The molecule has 6 atom stereocenters. The molecule has 7 nitrogen and oxygen atoms in total. The van der Waals surface area contributed by atoms with Gasteiger partial charge >= 0.3 is 5.97 Å². The third-order valence-corrected chi connectivity index (χ3v) is 9.18. The molecular weight excluding hydrogens is 410 g/mol. The summed E-state index contributed by atoms with van der Waals surface area (Å²) in [6.45, 7) is 10.3. The number of amides is 1. The number of benzene rings is 1. The van der Waals surface area contributed by atoms with Crippen molar-refractivity contribution in [3.63, 3.8) is 0 Å². The van der Waals surface area contributed by atoms with E-state index >= 15 is 0 Å². The number of esters is 1. The Balaban J connectivity index is 1.62. The molecule has 2 aliphatic heterocycles. The monoisotopic (exact) mass is 443 g/mol. The fraction of sp³-hybridized carbons (Fsp3) is 0.680. The minimum Gasteiger partial charge on any atom is -0.508 e. The topological polar surface area (TPSA) is 105 Å². The first-order valence-corrected chi connectivity index (χ1v) is 11.6. The fourth-order valence-corrected chi connectivity index (χ4v) is 7.72. The standard InChI is InChI=1S/C25H33NO6/c1-12-6-7-19-23(3,4)21(31-13(2)27)18(29)10-24(19,5)25(12)9-15-17(28)8-14-16(20(15)32-25)11-26-22(14)30/h8,12,18-19,21,28-29H,6-7,9-11H2,1-5H3,(H,26,30)/t12-,18-,19-,21-,24+,25+/m1/s1. The lowest BCUT2D eigenvalue weighted by Gasteiger charge is -2.65. The molecule has 2 fully saturated rings. The number of phenols is 1. The van der Waals surface area contributed by atoms with E-state index in [4.69, 9.17) is 9.47 Å². The predicted molar refractivity (Wildman–Crippen MR) is 116 cm³/mol. The third kappa shape index (κ3) is 2.57. The van der Waals surface area contributed by atoms with Crippen LogP contribution in [0.4, 0.5) is 0 Å². The average molecular weight is 444 g/mol. The van der Waals surface area contributed by atoms with E-state index in [1.807, 2.05) is 0 Å². The summed E-state index contributed by atoms with van der Waals surface area (Å²) in [6, 6.07) is 1.56. The van der Waals surface area contributed by atoms with Gasteiger partial charge in [0.05, 0.1) is 11.7 Å². The van der Waals surface area contributed by atoms with Crippen LogP contribution in [0.2, 0.25) is 0 Å². The second-order valence-electron chi connectivity index (χ2n) is 11.2. The van der Waals surface area contributed by atoms with Crippen LogP contribution in [0.3, 0.4) is 0 Å². The SMILES string of the molecule is CC(=O)O[C@@H]1[C@H](O)C[C@@]2(C)[C@H](CC[C@@H](C)[C@@]23Cc2c(O)cc4c(c2O3)CNC4=O)C1(C)C. The number of aliphatic hydroxyl groups is 1. The molecule has 2 saturated carbocycles. The summed E-state index contributed by atoms with van der Waals surface area (Å²) in [4.78, 5) is 24.0. The van der Waals surface area contributed by atoms with Crippen molar-refractivity contribution in [1.29, 1.82) is 0 Å². The average Bonchev–Trinajstić information content (AvgIpc) is 3.27. The molecule has 2 aliphatic carbocycles. The molecule has 1 aromatic rings. The maximum Gasteiger partial charge on any atom is 0.303 e. The van der Waals surface area contributed by atoms with E-state index in [0.717, 1.165) is 24.0 Å². The molecule has 0 aromatic heterocycles. The van der Waals surface area contributed by atoms with Crippen molar-refractivity contribution in [2.24, 2.45) is 22.7 Å². The van der Waals surface area contributed by atoms with E-state index in [9.17, 15) is 19.8 Å². The summed E-state index contributed by atoms with van der Waals surface area (Å²) < 4.78 is 12.5. The highest BCUT2D eigenvalue weighted by atomic mass is 16.6. The zero-order valence-corrected chi connectivity index (χ0v) is 19.4. The van der Waals surface area contributed by atoms with E-state index in [-0.39, 0.29) is 29.5 Å². The highest BCUT2D eigenvalue weighted by molar-refractivity contribution is 6.00. The van der Waals surface area contributed by atoms with E-state index in [1.54, 1.807) is 6.07 Å². The summed E-state index contributed by atoms with van der Waals surface area (Å²) >= 11 is 0. The lowest BCUT2D eigenvalue weighted by Crippen LogP contribution is -2.69. The maximum absolute atomic E-state index is 12.2. The Morgan fingerprint density at radius 2 is 1.97 bits per heavy atom. The Bertz CT molecular complexity index is 1020. The number of carbonyl (C=O) groups excluding carboxylic acids is 2. The first-order valence-electron chi connectivity index (χ1n) is 11.6. The molecule has 1 amide bonds. The van der Waals surface area contributed by atoms with Gasteiger partial charge < -0.3 is 25.0 Å². The molecule has 1 spiro atoms. The predicted octanol–water partition coefficient (Wildman–Crippen LogP) is 3.08. The van der Waals surface area contributed by atoms with Gasteiger partial charge in [0, 0.05) is 41.8 Å². The number of fused-ring (bicyclic) bond motifs is 5. The minimum absolute atomic E-state index is 0.0963. The molecule has 32 heavy (non-hydrogen) atoms. The molecular formula is C25H33NO6. The van der Waals surface area contributed by atoms with Gasteiger partial charge in [-0.2, -0.15) is 0 Å². The quantitative estimate of drug-likeness (QED) is 0.576. The first-order chi connectivity index (χ1) is 14.9. The number of carbonyl (C=O) groups is 2. The second-order valence-corrected chi connectivity index (χ2v) is 11.2. The van der Waals surface area contributed by atoms with E-state index in [1.165, 1.54) is 6.92 Å². The van der Waals surface area contributed by atoms with E-state index < -0.39 is 28.6 Å². The van der Waals surface area contributed by atoms with E-state index in [2.05, 4.69) is 33.0 Å². The zero-order valence-electron chi connectivity index (χ0n) is 19.4. The van der Waals surface area contributed by atoms with Crippen LogP contribution in [0.5, 0.6) is 11.5 Å². The van der Waals surface area contributed by atoms with Crippen LogP contribution in [0, 0.1) is 22.7 Å². The van der Waals surface area contributed by atoms with Crippen LogP contribution in [0.1, 0.15) is 75.4 Å². The number of ether oxygens (including phenoxy) is 2. The summed E-state index contributed by atoms with van der Waals surface area (Å²) in [7, 11) is 0. The van der Waals surface area contributed by atoms with Crippen LogP contribution in [-0.2, 0) is 22.5 Å². The van der Waals surface area contributed by atoms with Crippen LogP contribution >= 0.6 is 0 Å². The fourth-order valence-electron chi connectivity index (χ4n) is 7.72. The second kappa shape index (κ2) is 6.62. The van der Waals surface area contributed by atoms with Crippen LogP contribution in [0.15, 0.2) is 6.07 Å². The molecule has 3 N–H and O–H groups in total. The van der Waals surface area contributed by atoms with Gasteiger partial charge in [-0.3, -0.25) is 9.59 Å². The summed E-state index contributed by atoms with van der Waals surface area (Å²) in [6.07, 6.45) is 1.46. The molecule has 0 bridgehead atoms. The molecule has 0 unspecified atom stereocenters. The zero-order chi connectivity index (χ0) is 23.2. The Morgan fingerprint density at radius 1 is 1.25 bits per heavy atom. The first kappa shape index (κ1) is 21.6. The molecule has 0 radical (unpaired) electrons. The van der Waals surface area contributed by atoms with Gasteiger partial charge in [0.15, 0.2) is 0 Å². The number of phenolic OH excluding ortho intramolecular Hbond substituents is 1. The Labute approximate surface area is 188 Å². The van der Waals surface area contributed by atoms with Gasteiger partial charge in [-0.25, -0.2) is 0 Å². The van der Waals surface area contributed by atoms with Gasteiger partial charge in [0.25, 0.3) is 5.91 Å². The molecule has 4 aliphatic rings. The lowest BCUT2D eigenvalue weighted by molar-refractivity contribution is -0.246. The van der Waals surface area contributed by atoms with Gasteiger partial charge in [-0.15, -0.1) is 0 Å². The van der Waals surface area contributed by atoms with Crippen LogP contribution in [-0.4, -0.2) is 39.9 Å². The molecule has 2 heterocycles. The number of hydrogen-bond donors (Lipinski definition) is 3. The lowest BCUT2D eigenvalue weighted by atomic mass is 9.43. The summed E-state index contributed by atoms with van der Waals surface area (Å²) in [5.74, 6) is 0.474. The highest BCUT2D eigenvalue weighted by Crippen LogP contribution is 2.67. The van der Waals surface area contributed by atoms with Crippen molar-refractivity contribution in [2.45, 2.75) is 84.7 Å². The van der Waals surface area contributed by atoms with Crippen molar-refractivity contribution >= 4 is 11.9 Å². The van der Waals surface area contributed by atoms with Gasteiger partial charge in [-0.05, 0) is 37.2 Å². The third-order valence-electron chi connectivity index (χ3n) is 9.18. The Hall–Kier alpha value is -2.28. The van der Waals surface area contributed by atoms with Crippen LogP contribution < -0.4 is 10.1 Å². The number of hydrogen-bond acceptors (Lipinski definition) is 6. The highest BCUT2D eigenvalue weighted by Gasteiger charge is 2.69. The van der Waals surface area contributed by atoms with Crippen molar-refractivity contribution < 1.29 is 29.3 Å². The largest absolute Gasteiger partial charge is 0.508 e. The molecule has 0 saturated heterocycles. The summed E-state index contributed by atoms with van der Waals surface area (Å²) in [5, 5.41) is 24.9.